The normalized spacial score (nSPS) is 12.2. The molecule has 3 aromatic carbocycles. The van der Waals surface area contributed by atoms with Gasteiger partial charge in [-0.15, -0.1) is 0 Å². The molecule has 0 amide bonds. The van der Waals surface area contributed by atoms with Gasteiger partial charge in [-0.2, -0.15) is 0 Å². The average molecular weight is 270 g/mol. The van der Waals surface area contributed by atoms with Gasteiger partial charge in [-0.25, -0.2) is 0 Å². The van der Waals surface area contributed by atoms with Crippen LogP contribution in [-0.4, -0.2) is 4.40 Å². The molecule has 0 aliphatic rings. The van der Waals surface area contributed by atoms with E-state index in [1.54, 1.807) is 0 Å². The second-order valence-electron chi connectivity index (χ2n) is 5.61. The van der Waals surface area contributed by atoms with Gasteiger partial charge in [-0.05, 0) is 17.7 Å². The Balaban J connectivity index is 2.19. The van der Waals surface area contributed by atoms with Crippen molar-refractivity contribution in [2.75, 3.05) is 0 Å². The number of nitrogens with zero attached hydrogens (tertiary/aromatic N) is 1. The van der Waals surface area contributed by atoms with Gasteiger partial charge in [-0.1, -0.05) is 48.5 Å². The molecule has 0 saturated carbocycles. The highest BCUT2D eigenvalue weighted by Crippen LogP contribution is 2.38. The summed E-state index contributed by atoms with van der Waals surface area (Å²) >= 11 is 0. The zero-order valence-corrected chi connectivity index (χ0v) is 11.5. The van der Waals surface area contributed by atoms with Crippen molar-refractivity contribution in [2.24, 2.45) is 5.73 Å². The van der Waals surface area contributed by atoms with Crippen LogP contribution in [0.4, 0.5) is 0 Å². The molecule has 2 heterocycles. The van der Waals surface area contributed by atoms with E-state index in [0.29, 0.717) is 6.54 Å². The van der Waals surface area contributed by atoms with Crippen molar-refractivity contribution in [2.45, 2.75) is 6.54 Å². The van der Waals surface area contributed by atoms with Crippen LogP contribution in [0.3, 0.4) is 0 Å². The molecule has 5 rings (SSSR count). The fourth-order valence-corrected chi connectivity index (χ4v) is 3.60. The molecule has 2 nitrogen and oxygen atoms in total. The first-order valence-electron chi connectivity index (χ1n) is 7.24. The molecule has 2 heteroatoms. The highest BCUT2D eigenvalue weighted by Gasteiger charge is 2.16. The largest absolute Gasteiger partial charge is 0.326 e. The molecule has 0 spiro atoms. The van der Waals surface area contributed by atoms with Crippen LogP contribution in [0.2, 0.25) is 0 Å². The maximum atomic E-state index is 5.83. The van der Waals surface area contributed by atoms with Gasteiger partial charge in [0.05, 0.1) is 16.6 Å². The van der Waals surface area contributed by atoms with Crippen LogP contribution in [0.5, 0.6) is 0 Å². The molecule has 5 aromatic rings. The van der Waals surface area contributed by atoms with E-state index in [1.165, 1.54) is 43.7 Å². The molecule has 0 radical (unpaired) electrons. The molecule has 0 atom stereocenters. The summed E-state index contributed by atoms with van der Waals surface area (Å²) in [6, 6.07) is 21.8. The summed E-state index contributed by atoms with van der Waals surface area (Å²) in [6.07, 6.45) is 0. The van der Waals surface area contributed by atoms with Crippen molar-refractivity contribution in [1.29, 1.82) is 0 Å². The number of para-hydroxylation sites is 2. The van der Waals surface area contributed by atoms with Crippen molar-refractivity contribution in [3.05, 3.63) is 66.2 Å². The third-order valence-corrected chi connectivity index (χ3v) is 4.52. The number of nitrogens with two attached hydrogens (primary N) is 1. The standard InChI is InChI=1S/C19H14N2/c20-11-12-8-9-14-16-6-3-5-15-13-4-1-2-7-17(13)21(19(15)16)18(14)10-12/h1-10H,11,20H2. The summed E-state index contributed by atoms with van der Waals surface area (Å²) in [4.78, 5) is 0. The lowest BCUT2D eigenvalue weighted by atomic mass is 10.1. The zero-order chi connectivity index (χ0) is 14.0. The van der Waals surface area contributed by atoms with Crippen molar-refractivity contribution in [3.8, 4) is 0 Å². The van der Waals surface area contributed by atoms with Crippen LogP contribution >= 0.6 is 0 Å². The minimum atomic E-state index is 0.575. The molecule has 0 saturated heterocycles. The highest BCUT2D eigenvalue weighted by atomic mass is 14.9. The second kappa shape index (κ2) is 3.74. The molecular formula is C19H14N2. The Labute approximate surface area is 121 Å². The van der Waals surface area contributed by atoms with Gasteiger partial charge < -0.3 is 10.1 Å². The second-order valence-corrected chi connectivity index (χ2v) is 5.61. The maximum absolute atomic E-state index is 5.83. The van der Waals surface area contributed by atoms with Gasteiger partial charge in [0.2, 0.25) is 0 Å². The SMILES string of the molecule is NCc1ccc2c3cccc4c5ccccc5n(c2c1)c43. The lowest BCUT2D eigenvalue weighted by Crippen LogP contribution is -1.95. The molecular weight excluding hydrogens is 256 g/mol. The Bertz CT molecular complexity index is 1120. The van der Waals surface area contributed by atoms with Gasteiger partial charge in [0.15, 0.2) is 0 Å². The van der Waals surface area contributed by atoms with E-state index < -0.39 is 0 Å². The number of fused-ring (bicyclic) bond motifs is 6. The Morgan fingerprint density at radius 2 is 1.43 bits per heavy atom. The Morgan fingerprint density at radius 1 is 0.714 bits per heavy atom. The van der Waals surface area contributed by atoms with Crippen LogP contribution in [0.15, 0.2) is 60.7 Å². The van der Waals surface area contributed by atoms with Crippen molar-refractivity contribution >= 4 is 38.1 Å². The zero-order valence-electron chi connectivity index (χ0n) is 11.5. The van der Waals surface area contributed by atoms with Gasteiger partial charge in [0.25, 0.3) is 0 Å². The van der Waals surface area contributed by atoms with E-state index in [-0.39, 0.29) is 0 Å². The van der Waals surface area contributed by atoms with Gasteiger partial charge >= 0.3 is 0 Å². The minimum absolute atomic E-state index is 0.575. The number of rotatable bonds is 1. The predicted molar refractivity (Wildman–Crippen MR) is 89.0 cm³/mol. The van der Waals surface area contributed by atoms with Gasteiger partial charge in [0, 0.05) is 28.1 Å². The first kappa shape index (κ1) is 11.1. The van der Waals surface area contributed by atoms with Crippen LogP contribution in [0, 0.1) is 0 Å². The Morgan fingerprint density at radius 3 is 2.24 bits per heavy atom. The van der Waals surface area contributed by atoms with Crippen LogP contribution in [0.25, 0.3) is 38.1 Å². The molecule has 0 bridgehead atoms. The van der Waals surface area contributed by atoms with Crippen molar-refractivity contribution in [1.82, 2.24) is 4.40 Å². The Kier molecular flexibility index (Phi) is 1.98. The molecule has 0 aliphatic heterocycles. The number of hydrogen-bond donors (Lipinski definition) is 1. The van der Waals surface area contributed by atoms with Crippen molar-refractivity contribution in [3.63, 3.8) is 0 Å². The lowest BCUT2D eigenvalue weighted by molar-refractivity contribution is 1.07. The van der Waals surface area contributed by atoms with E-state index in [0.717, 1.165) is 0 Å². The number of aromatic nitrogens is 1. The van der Waals surface area contributed by atoms with E-state index in [9.17, 15) is 0 Å². The quantitative estimate of drug-likeness (QED) is 0.484. The minimum Gasteiger partial charge on any atom is -0.326 e. The van der Waals surface area contributed by atoms with Crippen LogP contribution in [-0.2, 0) is 6.54 Å². The van der Waals surface area contributed by atoms with Gasteiger partial charge in [0.1, 0.15) is 0 Å². The molecule has 2 N–H and O–H groups in total. The third kappa shape index (κ3) is 1.26. The monoisotopic (exact) mass is 270 g/mol. The average Bonchev–Trinajstić information content (AvgIpc) is 3.06. The summed E-state index contributed by atoms with van der Waals surface area (Å²) in [6.45, 7) is 0.575. The summed E-state index contributed by atoms with van der Waals surface area (Å²) < 4.78 is 2.38. The van der Waals surface area contributed by atoms with Gasteiger partial charge in [-0.3, -0.25) is 0 Å². The van der Waals surface area contributed by atoms with Crippen molar-refractivity contribution < 1.29 is 0 Å². The number of benzene rings is 3. The molecule has 0 aliphatic carbocycles. The van der Waals surface area contributed by atoms with Crippen LogP contribution in [0.1, 0.15) is 5.56 Å². The molecule has 2 aromatic heterocycles. The predicted octanol–water partition coefficient (Wildman–Crippen LogP) is 4.30. The smallest absolute Gasteiger partial charge is 0.0620 e. The summed E-state index contributed by atoms with van der Waals surface area (Å²) in [5.74, 6) is 0. The molecule has 0 unspecified atom stereocenters. The first-order chi connectivity index (χ1) is 10.4. The van der Waals surface area contributed by atoms with E-state index in [4.69, 9.17) is 5.73 Å². The van der Waals surface area contributed by atoms with E-state index >= 15 is 0 Å². The van der Waals surface area contributed by atoms with E-state index in [2.05, 4.69) is 65.1 Å². The fourth-order valence-electron chi connectivity index (χ4n) is 3.60. The molecule has 0 fully saturated rings. The Hall–Kier alpha value is -2.58. The topological polar surface area (TPSA) is 30.4 Å². The lowest BCUT2D eigenvalue weighted by Gasteiger charge is -2.00. The summed E-state index contributed by atoms with van der Waals surface area (Å²) in [5.41, 5.74) is 10.8. The summed E-state index contributed by atoms with van der Waals surface area (Å²) in [5, 5.41) is 5.27. The fraction of sp³-hybridized carbons (Fsp3) is 0.0526. The third-order valence-electron chi connectivity index (χ3n) is 4.52. The van der Waals surface area contributed by atoms with E-state index in [1.807, 2.05) is 0 Å². The summed E-state index contributed by atoms with van der Waals surface area (Å²) in [7, 11) is 0. The molecule has 100 valence electrons. The first-order valence-corrected chi connectivity index (χ1v) is 7.24. The highest BCUT2D eigenvalue weighted by molar-refractivity contribution is 6.23. The molecule has 21 heavy (non-hydrogen) atoms. The van der Waals surface area contributed by atoms with Crippen LogP contribution < -0.4 is 5.73 Å². The maximum Gasteiger partial charge on any atom is 0.0620 e. The number of hydrogen-bond acceptors (Lipinski definition) is 1.